The van der Waals surface area contributed by atoms with Gasteiger partial charge >= 0.3 is 0 Å². The summed E-state index contributed by atoms with van der Waals surface area (Å²) in [6, 6.07) is 0. The summed E-state index contributed by atoms with van der Waals surface area (Å²) < 4.78 is 4.93. The van der Waals surface area contributed by atoms with E-state index in [0.29, 0.717) is 18.1 Å². The molecule has 1 heterocycles. The monoisotopic (exact) mass is 165 g/mol. The van der Waals surface area contributed by atoms with Gasteiger partial charge in [-0.15, -0.1) is 11.6 Å². The second kappa shape index (κ2) is 4.94. The predicted octanol–water partition coefficient (Wildman–Crippen LogP) is 1.19. The average Bonchev–Trinajstić information content (AvgIpc) is 2.45. The molecule has 1 saturated heterocycles. The number of halogens is 1. The van der Waals surface area contributed by atoms with Gasteiger partial charge in [-0.25, -0.2) is 0 Å². The van der Waals surface area contributed by atoms with E-state index in [-0.39, 0.29) is 0 Å². The van der Waals surface area contributed by atoms with Crippen molar-refractivity contribution >= 4 is 11.6 Å². The molecule has 2 unspecified atom stereocenters. The Labute approximate surface area is 68.1 Å². The van der Waals surface area contributed by atoms with Gasteiger partial charge in [0.2, 0.25) is 0 Å². The quantitative estimate of drug-likeness (QED) is 0.429. The molecule has 10 heavy (non-hydrogen) atoms. The molecule has 2 nitrogen and oxygen atoms in total. The highest BCUT2D eigenvalue weighted by Gasteiger charge is 2.32. The molecule has 62 valence electrons. The fourth-order valence-corrected chi connectivity index (χ4v) is 0.716. The van der Waals surface area contributed by atoms with Gasteiger partial charge in [0.15, 0.2) is 0 Å². The van der Waals surface area contributed by atoms with Crippen molar-refractivity contribution < 1.29 is 4.74 Å². The van der Waals surface area contributed by atoms with Crippen molar-refractivity contribution in [2.24, 2.45) is 0 Å². The van der Waals surface area contributed by atoms with Crippen LogP contribution in [0.25, 0.3) is 0 Å². The zero-order valence-electron chi connectivity index (χ0n) is 7.10. The molecule has 1 aliphatic heterocycles. The summed E-state index contributed by atoms with van der Waals surface area (Å²) in [6.45, 7) is 2.02. The van der Waals surface area contributed by atoms with E-state index in [0.717, 1.165) is 0 Å². The van der Waals surface area contributed by atoms with Gasteiger partial charge in [-0.05, 0) is 28.1 Å². The third-order valence-electron chi connectivity index (χ3n) is 0.988. The second-order valence-corrected chi connectivity index (χ2v) is 3.18. The van der Waals surface area contributed by atoms with Crippen molar-refractivity contribution in [1.29, 1.82) is 0 Å². The van der Waals surface area contributed by atoms with Crippen molar-refractivity contribution in [2.45, 2.75) is 19.1 Å². The van der Waals surface area contributed by atoms with E-state index in [1.54, 1.807) is 0 Å². The molecule has 0 aromatic heterocycles. The van der Waals surface area contributed by atoms with Crippen LogP contribution in [0, 0.1) is 0 Å². The maximum atomic E-state index is 5.37. The summed E-state index contributed by atoms with van der Waals surface area (Å²) in [5.74, 6) is 0.654. The minimum atomic E-state index is 0.367. The molecule has 0 radical (unpaired) electrons. The van der Waals surface area contributed by atoms with Gasteiger partial charge in [0.05, 0.1) is 18.1 Å². The molecule has 1 rings (SSSR count). The maximum absolute atomic E-state index is 5.37. The van der Waals surface area contributed by atoms with E-state index in [4.69, 9.17) is 16.3 Å². The van der Waals surface area contributed by atoms with Gasteiger partial charge in [-0.1, -0.05) is 0 Å². The van der Waals surface area contributed by atoms with Gasteiger partial charge in [-0.2, -0.15) is 0 Å². The summed E-state index contributed by atoms with van der Waals surface area (Å²) in [5, 5.41) is 0. The Hall–Kier alpha value is 0.210. The lowest BCUT2D eigenvalue weighted by molar-refractivity contribution is 0.390. The third-order valence-corrected chi connectivity index (χ3v) is 1.29. The molecule has 1 fully saturated rings. The van der Waals surface area contributed by atoms with E-state index < -0.39 is 0 Å². The number of hydrogen-bond donors (Lipinski definition) is 0. The molecule has 1 aliphatic rings. The topological polar surface area (TPSA) is 15.8 Å². The van der Waals surface area contributed by atoms with E-state index in [9.17, 15) is 0 Å². The van der Waals surface area contributed by atoms with Crippen molar-refractivity contribution in [3.05, 3.63) is 0 Å². The Morgan fingerprint density at radius 1 is 1.40 bits per heavy atom. The largest absolute Gasteiger partial charge is 0.369 e. The van der Waals surface area contributed by atoms with Gasteiger partial charge < -0.3 is 9.64 Å². The zero-order valence-corrected chi connectivity index (χ0v) is 7.85. The lowest BCUT2D eigenvalue weighted by atomic mass is 10.4. The molecular formula is C7H16ClNO. The van der Waals surface area contributed by atoms with E-state index in [1.165, 1.54) is 0 Å². The molecule has 0 amide bonds. The Bertz CT molecular complexity index is 82.9. The molecule has 0 aromatic rings. The van der Waals surface area contributed by atoms with Crippen molar-refractivity contribution in [2.75, 3.05) is 27.0 Å². The fourth-order valence-electron chi connectivity index (χ4n) is 0.392. The fraction of sp³-hybridized carbons (Fsp3) is 1.00. The van der Waals surface area contributed by atoms with Crippen LogP contribution in [0.1, 0.15) is 6.92 Å². The molecule has 0 saturated carbocycles. The summed E-state index contributed by atoms with van der Waals surface area (Å²) in [5.41, 5.74) is 0. The van der Waals surface area contributed by atoms with Gasteiger partial charge in [0.25, 0.3) is 0 Å². The first-order chi connectivity index (χ1) is 4.57. The molecule has 0 spiro atoms. The number of alkyl halides is 1. The molecule has 3 heteroatoms. The van der Waals surface area contributed by atoms with Crippen LogP contribution in [0.3, 0.4) is 0 Å². The minimum Gasteiger partial charge on any atom is -0.369 e. The van der Waals surface area contributed by atoms with E-state index >= 15 is 0 Å². The standard InChI is InChI=1S/C4H7ClO.C3H9N/c1-3-4(2-5)6-3;1-4(2)3/h3-4H,2H2,1H3;1-3H3. The smallest absolute Gasteiger partial charge is 0.0973 e. The summed E-state index contributed by atoms with van der Waals surface area (Å²) in [7, 11) is 6.00. The van der Waals surface area contributed by atoms with Crippen molar-refractivity contribution in [1.82, 2.24) is 4.90 Å². The lowest BCUT2D eigenvalue weighted by Gasteiger charge is -1.90. The SMILES string of the molecule is CC1OC1CCl.CN(C)C. The number of ether oxygens (including phenoxy) is 1. The van der Waals surface area contributed by atoms with Crippen LogP contribution < -0.4 is 0 Å². The van der Waals surface area contributed by atoms with Crippen LogP contribution >= 0.6 is 11.6 Å². The minimum absolute atomic E-state index is 0.367. The zero-order chi connectivity index (χ0) is 8.15. The molecule has 2 atom stereocenters. The maximum Gasteiger partial charge on any atom is 0.0973 e. The molecular weight excluding hydrogens is 150 g/mol. The highest BCUT2D eigenvalue weighted by Crippen LogP contribution is 2.21. The summed E-state index contributed by atoms with van der Waals surface area (Å²) in [4.78, 5) is 2.00. The Balaban J connectivity index is 0.000000180. The molecule has 0 aromatic carbocycles. The normalized spacial score (nSPS) is 29.4. The molecule has 0 bridgehead atoms. The van der Waals surface area contributed by atoms with Crippen LogP contribution in [-0.4, -0.2) is 44.1 Å². The summed E-state index contributed by atoms with van der Waals surface area (Å²) in [6.07, 6.45) is 0.800. The van der Waals surface area contributed by atoms with Gasteiger partial charge in [0, 0.05) is 0 Å². The van der Waals surface area contributed by atoms with Crippen LogP contribution in [0.5, 0.6) is 0 Å². The second-order valence-electron chi connectivity index (χ2n) is 2.88. The number of nitrogens with zero attached hydrogens (tertiary/aromatic N) is 1. The average molecular weight is 166 g/mol. The number of hydrogen-bond acceptors (Lipinski definition) is 2. The van der Waals surface area contributed by atoms with Gasteiger partial charge in [-0.3, -0.25) is 0 Å². The lowest BCUT2D eigenvalue weighted by Crippen LogP contribution is -1.99. The van der Waals surface area contributed by atoms with Crippen LogP contribution in [0.2, 0.25) is 0 Å². The summed E-state index contributed by atoms with van der Waals surface area (Å²) >= 11 is 5.37. The van der Waals surface area contributed by atoms with E-state index in [2.05, 4.69) is 0 Å². The van der Waals surface area contributed by atoms with E-state index in [1.807, 2.05) is 33.0 Å². The first-order valence-corrected chi connectivity index (χ1v) is 3.93. The Morgan fingerprint density at radius 2 is 1.70 bits per heavy atom. The molecule has 0 aliphatic carbocycles. The predicted molar refractivity (Wildman–Crippen MR) is 44.7 cm³/mol. The van der Waals surface area contributed by atoms with Crippen LogP contribution in [0.15, 0.2) is 0 Å². The Morgan fingerprint density at radius 3 is 1.70 bits per heavy atom. The highest BCUT2D eigenvalue weighted by atomic mass is 35.5. The van der Waals surface area contributed by atoms with Crippen LogP contribution in [0.4, 0.5) is 0 Å². The first-order valence-electron chi connectivity index (χ1n) is 3.40. The highest BCUT2D eigenvalue weighted by molar-refractivity contribution is 6.18. The molecule has 0 N–H and O–H groups in total. The number of rotatable bonds is 1. The third kappa shape index (κ3) is 6.33. The Kier molecular flexibility index (Phi) is 5.04. The van der Waals surface area contributed by atoms with Crippen molar-refractivity contribution in [3.8, 4) is 0 Å². The van der Waals surface area contributed by atoms with Crippen LogP contribution in [-0.2, 0) is 4.74 Å². The number of epoxide rings is 1. The van der Waals surface area contributed by atoms with Crippen molar-refractivity contribution in [3.63, 3.8) is 0 Å². The van der Waals surface area contributed by atoms with Gasteiger partial charge in [0.1, 0.15) is 0 Å². The first kappa shape index (κ1) is 10.2.